The topological polar surface area (TPSA) is 46.5 Å². The highest BCUT2D eigenvalue weighted by atomic mass is 16.5. The SMILES string of the molecule is CC1=CCC=CC(OCc2ccccc2C(=O)O)=C1. The van der Waals surface area contributed by atoms with E-state index in [1.165, 1.54) is 0 Å². The molecule has 0 heterocycles. The number of ether oxygens (including phenoxy) is 1. The van der Waals surface area contributed by atoms with Crippen molar-refractivity contribution in [3.63, 3.8) is 0 Å². The van der Waals surface area contributed by atoms with Crippen LogP contribution in [0.4, 0.5) is 0 Å². The molecule has 0 amide bonds. The number of rotatable bonds is 4. The molecule has 3 heteroatoms. The van der Waals surface area contributed by atoms with E-state index in [1.54, 1.807) is 18.2 Å². The van der Waals surface area contributed by atoms with Crippen LogP contribution in [-0.4, -0.2) is 11.1 Å². The first-order valence-electron chi connectivity index (χ1n) is 6.16. The molecule has 0 unspecified atom stereocenters. The van der Waals surface area contributed by atoms with Crippen LogP contribution in [0.15, 0.2) is 59.9 Å². The summed E-state index contributed by atoms with van der Waals surface area (Å²) < 4.78 is 5.68. The molecule has 0 bridgehead atoms. The number of hydrogen-bond acceptors (Lipinski definition) is 2. The lowest BCUT2D eigenvalue weighted by atomic mass is 10.1. The van der Waals surface area contributed by atoms with E-state index >= 15 is 0 Å². The maximum absolute atomic E-state index is 11.1. The van der Waals surface area contributed by atoms with Crippen LogP contribution >= 0.6 is 0 Å². The van der Waals surface area contributed by atoms with Gasteiger partial charge in [-0.05, 0) is 31.6 Å². The summed E-state index contributed by atoms with van der Waals surface area (Å²) in [4.78, 5) is 11.1. The van der Waals surface area contributed by atoms with Gasteiger partial charge in [0.05, 0.1) is 5.56 Å². The second-order valence-electron chi connectivity index (χ2n) is 4.38. The molecule has 1 aromatic carbocycles. The molecule has 0 saturated heterocycles. The highest BCUT2D eigenvalue weighted by molar-refractivity contribution is 5.89. The van der Waals surface area contributed by atoms with E-state index in [0.29, 0.717) is 5.56 Å². The summed E-state index contributed by atoms with van der Waals surface area (Å²) in [6, 6.07) is 6.88. The van der Waals surface area contributed by atoms with Crippen molar-refractivity contribution in [3.05, 3.63) is 71.0 Å². The number of benzene rings is 1. The molecule has 0 aliphatic heterocycles. The molecule has 0 aromatic heterocycles. The Bertz CT molecular complexity index is 565. The van der Waals surface area contributed by atoms with Crippen molar-refractivity contribution in [1.82, 2.24) is 0 Å². The van der Waals surface area contributed by atoms with Crippen molar-refractivity contribution in [2.24, 2.45) is 0 Å². The number of allylic oxidation sites excluding steroid dienone is 5. The first-order chi connectivity index (χ1) is 9.16. The minimum absolute atomic E-state index is 0.256. The zero-order valence-electron chi connectivity index (χ0n) is 10.8. The van der Waals surface area contributed by atoms with Gasteiger partial charge in [0, 0.05) is 5.56 Å². The summed E-state index contributed by atoms with van der Waals surface area (Å²) in [6.45, 7) is 2.27. The predicted molar refractivity (Wildman–Crippen MR) is 73.8 cm³/mol. The summed E-state index contributed by atoms with van der Waals surface area (Å²) in [6.07, 6.45) is 8.88. The molecule has 0 fully saturated rings. The lowest BCUT2D eigenvalue weighted by molar-refractivity contribution is 0.0692. The van der Waals surface area contributed by atoms with Crippen molar-refractivity contribution in [2.75, 3.05) is 0 Å². The summed E-state index contributed by atoms with van der Waals surface area (Å²) in [7, 11) is 0. The van der Waals surface area contributed by atoms with Crippen molar-refractivity contribution >= 4 is 5.97 Å². The molecule has 1 aliphatic rings. The first kappa shape index (κ1) is 13.1. The van der Waals surface area contributed by atoms with E-state index in [9.17, 15) is 4.79 Å². The van der Waals surface area contributed by atoms with Gasteiger partial charge in [-0.2, -0.15) is 0 Å². The normalized spacial score (nSPS) is 14.4. The Balaban J connectivity index is 2.11. The number of aromatic carboxylic acids is 1. The Morgan fingerprint density at radius 3 is 2.95 bits per heavy atom. The highest BCUT2D eigenvalue weighted by Gasteiger charge is 2.09. The third kappa shape index (κ3) is 3.58. The standard InChI is InChI=1S/C16H16O3/c1-12-6-2-4-8-14(10-12)19-11-13-7-3-5-9-15(13)16(17)18/h3-10H,2,11H2,1H3,(H,17,18). The maximum Gasteiger partial charge on any atom is 0.336 e. The lowest BCUT2D eigenvalue weighted by Crippen LogP contribution is -2.03. The summed E-state index contributed by atoms with van der Waals surface area (Å²) in [5.74, 6) is -0.174. The molecule has 1 aliphatic carbocycles. The molecule has 1 aromatic rings. The van der Waals surface area contributed by atoms with Crippen LogP contribution in [0.5, 0.6) is 0 Å². The summed E-state index contributed by atoms with van der Waals surface area (Å²) in [5.41, 5.74) is 2.11. The van der Waals surface area contributed by atoms with Crippen molar-refractivity contribution in [2.45, 2.75) is 20.0 Å². The van der Waals surface area contributed by atoms with E-state index in [1.807, 2.05) is 31.2 Å². The van der Waals surface area contributed by atoms with Gasteiger partial charge in [-0.1, -0.05) is 35.9 Å². The molecule has 1 N–H and O–H groups in total. The molecule has 0 spiro atoms. The van der Waals surface area contributed by atoms with Crippen LogP contribution < -0.4 is 0 Å². The molecular weight excluding hydrogens is 240 g/mol. The molecule has 2 rings (SSSR count). The Labute approximate surface area is 112 Å². The van der Waals surface area contributed by atoms with Gasteiger partial charge >= 0.3 is 5.97 Å². The van der Waals surface area contributed by atoms with Crippen LogP contribution in [0.25, 0.3) is 0 Å². The number of carboxylic acids is 1. The summed E-state index contributed by atoms with van der Waals surface area (Å²) in [5, 5.41) is 9.10. The van der Waals surface area contributed by atoms with Crippen LogP contribution in [0.3, 0.4) is 0 Å². The zero-order valence-corrected chi connectivity index (χ0v) is 10.8. The first-order valence-corrected chi connectivity index (χ1v) is 6.16. The van der Waals surface area contributed by atoms with Crippen molar-refractivity contribution in [1.29, 1.82) is 0 Å². The molecule has 0 radical (unpaired) electrons. The van der Waals surface area contributed by atoms with E-state index in [-0.39, 0.29) is 12.2 Å². The quantitative estimate of drug-likeness (QED) is 0.893. The van der Waals surface area contributed by atoms with E-state index in [0.717, 1.165) is 17.8 Å². The smallest absolute Gasteiger partial charge is 0.336 e. The third-order valence-electron chi connectivity index (χ3n) is 2.87. The fourth-order valence-electron chi connectivity index (χ4n) is 1.88. The van der Waals surface area contributed by atoms with Gasteiger partial charge in [-0.15, -0.1) is 0 Å². The molecule has 19 heavy (non-hydrogen) atoms. The van der Waals surface area contributed by atoms with Gasteiger partial charge in [0.1, 0.15) is 12.4 Å². The number of carboxylic acid groups (broad SMARTS) is 1. The minimum Gasteiger partial charge on any atom is -0.489 e. The minimum atomic E-state index is -0.930. The maximum atomic E-state index is 11.1. The van der Waals surface area contributed by atoms with Crippen LogP contribution in [0, 0.1) is 0 Å². The van der Waals surface area contributed by atoms with Crippen molar-refractivity contribution in [3.8, 4) is 0 Å². The Morgan fingerprint density at radius 1 is 1.37 bits per heavy atom. The summed E-state index contributed by atoms with van der Waals surface area (Å²) >= 11 is 0. The average molecular weight is 256 g/mol. The van der Waals surface area contributed by atoms with E-state index in [4.69, 9.17) is 9.84 Å². The molecule has 0 atom stereocenters. The van der Waals surface area contributed by atoms with Crippen LogP contribution in [0.1, 0.15) is 29.3 Å². The van der Waals surface area contributed by atoms with Crippen molar-refractivity contribution < 1.29 is 14.6 Å². The largest absolute Gasteiger partial charge is 0.489 e. The molecule has 98 valence electrons. The number of hydrogen-bond donors (Lipinski definition) is 1. The van der Waals surface area contributed by atoms with Gasteiger partial charge in [-0.3, -0.25) is 0 Å². The Kier molecular flexibility index (Phi) is 4.18. The fraction of sp³-hybridized carbons (Fsp3) is 0.188. The molecule has 3 nitrogen and oxygen atoms in total. The highest BCUT2D eigenvalue weighted by Crippen LogP contribution is 2.16. The van der Waals surface area contributed by atoms with Crippen LogP contribution in [-0.2, 0) is 11.3 Å². The number of carbonyl (C=O) groups is 1. The predicted octanol–water partition coefficient (Wildman–Crippen LogP) is 3.69. The zero-order chi connectivity index (χ0) is 13.7. The second-order valence-corrected chi connectivity index (χ2v) is 4.38. The molecular formula is C16H16O3. The van der Waals surface area contributed by atoms with E-state index in [2.05, 4.69) is 6.08 Å². The Morgan fingerprint density at radius 2 is 2.16 bits per heavy atom. The van der Waals surface area contributed by atoms with Gasteiger partial charge < -0.3 is 9.84 Å². The average Bonchev–Trinajstić information content (AvgIpc) is 2.61. The molecule has 0 saturated carbocycles. The lowest BCUT2D eigenvalue weighted by Gasteiger charge is -2.09. The van der Waals surface area contributed by atoms with Gasteiger partial charge in [-0.25, -0.2) is 4.79 Å². The van der Waals surface area contributed by atoms with Gasteiger partial charge in [0.25, 0.3) is 0 Å². The van der Waals surface area contributed by atoms with Crippen LogP contribution in [0.2, 0.25) is 0 Å². The monoisotopic (exact) mass is 256 g/mol. The van der Waals surface area contributed by atoms with E-state index < -0.39 is 5.97 Å². The third-order valence-corrected chi connectivity index (χ3v) is 2.87. The Hall–Kier alpha value is -2.29. The van der Waals surface area contributed by atoms with Gasteiger partial charge in [0.2, 0.25) is 0 Å². The van der Waals surface area contributed by atoms with Gasteiger partial charge in [0.15, 0.2) is 0 Å². The second kappa shape index (κ2) is 6.05. The fourth-order valence-corrected chi connectivity index (χ4v) is 1.88.